The topological polar surface area (TPSA) is 24.8 Å². The number of benzene rings is 2. The Morgan fingerprint density at radius 3 is 2.35 bits per heavy atom. The number of hydrogen-bond acceptors (Lipinski definition) is 3. The molecule has 0 atom stereocenters. The fourth-order valence-electron chi connectivity index (χ4n) is 2.82. The van der Waals surface area contributed by atoms with E-state index in [9.17, 15) is 4.39 Å². The van der Waals surface area contributed by atoms with Gasteiger partial charge in [-0.15, -0.1) is 0 Å². The molecule has 0 saturated carbocycles. The SMILES string of the molecule is CCN(CC)CCON=C(CCCc1ccccc1)c1ccc(F)cc1. The van der Waals surface area contributed by atoms with Gasteiger partial charge in [0.15, 0.2) is 0 Å². The molecule has 0 aromatic heterocycles. The summed E-state index contributed by atoms with van der Waals surface area (Å²) in [6.45, 7) is 7.71. The second-order valence-corrected chi connectivity index (χ2v) is 6.24. The second kappa shape index (κ2) is 11.4. The summed E-state index contributed by atoms with van der Waals surface area (Å²) in [7, 11) is 0. The van der Waals surface area contributed by atoms with Crippen molar-refractivity contribution in [2.75, 3.05) is 26.2 Å². The molecule has 2 rings (SSSR count). The maximum atomic E-state index is 13.2. The second-order valence-electron chi connectivity index (χ2n) is 6.24. The highest BCUT2D eigenvalue weighted by Crippen LogP contribution is 2.12. The average molecular weight is 356 g/mol. The molecule has 0 unspecified atom stereocenters. The van der Waals surface area contributed by atoms with E-state index in [2.05, 4.69) is 48.2 Å². The van der Waals surface area contributed by atoms with Gasteiger partial charge in [-0.05, 0) is 55.6 Å². The number of aryl methyl sites for hydroxylation is 1. The molecule has 0 N–H and O–H groups in total. The highest BCUT2D eigenvalue weighted by Gasteiger charge is 2.06. The van der Waals surface area contributed by atoms with Crippen molar-refractivity contribution in [2.24, 2.45) is 5.16 Å². The first-order chi connectivity index (χ1) is 12.7. The molecular formula is C22H29FN2O. The van der Waals surface area contributed by atoms with Crippen molar-refractivity contribution in [1.82, 2.24) is 4.90 Å². The van der Waals surface area contributed by atoms with Crippen LogP contribution in [0.15, 0.2) is 59.8 Å². The third-order valence-electron chi connectivity index (χ3n) is 4.47. The Hall–Kier alpha value is -2.20. The van der Waals surface area contributed by atoms with Gasteiger partial charge in [0.1, 0.15) is 12.4 Å². The molecule has 4 heteroatoms. The monoisotopic (exact) mass is 356 g/mol. The summed E-state index contributed by atoms with van der Waals surface area (Å²) in [4.78, 5) is 7.86. The Kier molecular flexibility index (Phi) is 8.84. The molecule has 140 valence electrons. The number of nitrogens with zero attached hydrogens (tertiary/aromatic N) is 2. The van der Waals surface area contributed by atoms with Gasteiger partial charge in [-0.3, -0.25) is 0 Å². The Morgan fingerprint density at radius 1 is 1.00 bits per heavy atom. The van der Waals surface area contributed by atoms with Crippen LogP contribution in [-0.4, -0.2) is 36.9 Å². The molecule has 0 amide bonds. The van der Waals surface area contributed by atoms with Crippen molar-refractivity contribution in [3.63, 3.8) is 0 Å². The maximum absolute atomic E-state index is 13.2. The van der Waals surface area contributed by atoms with E-state index < -0.39 is 0 Å². The molecule has 3 nitrogen and oxygen atoms in total. The number of likely N-dealkylation sites (N-methyl/N-ethyl adjacent to an activating group) is 1. The summed E-state index contributed by atoms with van der Waals surface area (Å²) in [6.07, 6.45) is 2.76. The van der Waals surface area contributed by atoms with Gasteiger partial charge in [0.05, 0.1) is 5.71 Å². The highest BCUT2D eigenvalue weighted by molar-refractivity contribution is 6.00. The van der Waals surface area contributed by atoms with Gasteiger partial charge in [0.25, 0.3) is 0 Å². The van der Waals surface area contributed by atoms with Crippen LogP contribution in [0.4, 0.5) is 4.39 Å². The lowest BCUT2D eigenvalue weighted by molar-refractivity contribution is 0.114. The summed E-state index contributed by atoms with van der Waals surface area (Å²) in [5, 5.41) is 4.36. The Bertz CT molecular complexity index is 652. The van der Waals surface area contributed by atoms with Crippen molar-refractivity contribution < 1.29 is 9.23 Å². The third kappa shape index (κ3) is 6.96. The van der Waals surface area contributed by atoms with Gasteiger partial charge in [0.2, 0.25) is 0 Å². The molecule has 2 aromatic carbocycles. The Balaban J connectivity index is 1.94. The zero-order chi connectivity index (χ0) is 18.6. The van der Waals surface area contributed by atoms with E-state index in [1.54, 1.807) is 12.1 Å². The first-order valence-corrected chi connectivity index (χ1v) is 9.44. The van der Waals surface area contributed by atoms with Crippen LogP contribution >= 0.6 is 0 Å². The van der Waals surface area contributed by atoms with Gasteiger partial charge in [-0.2, -0.15) is 0 Å². The van der Waals surface area contributed by atoms with E-state index in [0.717, 1.165) is 50.2 Å². The largest absolute Gasteiger partial charge is 0.394 e. The van der Waals surface area contributed by atoms with E-state index >= 15 is 0 Å². The molecule has 0 aliphatic rings. The average Bonchev–Trinajstić information content (AvgIpc) is 2.68. The third-order valence-corrected chi connectivity index (χ3v) is 4.47. The van der Waals surface area contributed by atoms with Crippen molar-refractivity contribution >= 4 is 5.71 Å². The van der Waals surface area contributed by atoms with Crippen LogP contribution in [0.1, 0.15) is 37.8 Å². The molecule has 0 spiro atoms. The molecule has 0 aliphatic carbocycles. The number of halogens is 1. The van der Waals surface area contributed by atoms with Crippen LogP contribution < -0.4 is 0 Å². The zero-order valence-electron chi connectivity index (χ0n) is 15.8. The van der Waals surface area contributed by atoms with E-state index in [0.29, 0.717) is 6.61 Å². The molecule has 0 fully saturated rings. The molecule has 0 radical (unpaired) electrons. The predicted octanol–water partition coefficient (Wildman–Crippen LogP) is 4.91. The minimum Gasteiger partial charge on any atom is -0.394 e. The standard InChI is InChI=1S/C22H29FN2O/c1-3-25(4-2)17-18-26-24-22(20-13-15-21(23)16-14-20)12-8-11-19-9-6-5-7-10-19/h5-7,9-10,13-16H,3-4,8,11-12,17-18H2,1-2H3. The smallest absolute Gasteiger partial charge is 0.129 e. The Morgan fingerprint density at radius 2 is 1.69 bits per heavy atom. The molecule has 0 aliphatic heterocycles. The van der Waals surface area contributed by atoms with Gasteiger partial charge in [0, 0.05) is 6.54 Å². The van der Waals surface area contributed by atoms with Crippen molar-refractivity contribution in [2.45, 2.75) is 33.1 Å². The summed E-state index contributed by atoms with van der Waals surface area (Å²) in [5.41, 5.74) is 3.11. The van der Waals surface area contributed by atoms with Gasteiger partial charge in [-0.1, -0.05) is 61.5 Å². The van der Waals surface area contributed by atoms with E-state index in [1.165, 1.54) is 17.7 Å². The quantitative estimate of drug-likeness (QED) is 0.325. The summed E-state index contributed by atoms with van der Waals surface area (Å²) >= 11 is 0. The van der Waals surface area contributed by atoms with E-state index in [1.807, 2.05) is 6.07 Å². The lowest BCUT2D eigenvalue weighted by Gasteiger charge is -2.16. The van der Waals surface area contributed by atoms with Crippen LogP contribution in [0.2, 0.25) is 0 Å². The molecule has 26 heavy (non-hydrogen) atoms. The van der Waals surface area contributed by atoms with Crippen LogP contribution in [0.25, 0.3) is 0 Å². The highest BCUT2D eigenvalue weighted by atomic mass is 19.1. The van der Waals surface area contributed by atoms with Crippen molar-refractivity contribution in [1.29, 1.82) is 0 Å². The van der Waals surface area contributed by atoms with Crippen LogP contribution in [0, 0.1) is 5.82 Å². The van der Waals surface area contributed by atoms with Crippen LogP contribution in [0.3, 0.4) is 0 Å². The lowest BCUT2D eigenvalue weighted by Crippen LogP contribution is -2.26. The minimum atomic E-state index is -0.236. The minimum absolute atomic E-state index is 0.236. The maximum Gasteiger partial charge on any atom is 0.129 e. The summed E-state index contributed by atoms with van der Waals surface area (Å²) in [5.74, 6) is -0.236. The number of hydrogen-bond donors (Lipinski definition) is 0. The first kappa shape index (κ1) is 20.1. The summed E-state index contributed by atoms with van der Waals surface area (Å²) in [6, 6.07) is 16.9. The normalized spacial score (nSPS) is 11.8. The molecule has 0 bridgehead atoms. The van der Waals surface area contributed by atoms with Gasteiger partial charge < -0.3 is 9.74 Å². The number of rotatable bonds is 11. The van der Waals surface area contributed by atoms with Crippen LogP contribution in [-0.2, 0) is 11.3 Å². The fourth-order valence-corrected chi connectivity index (χ4v) is 2.82. The first-order valence-electron chi connectivity index (χ1n) is 9.44. The van der Waals surface area contributed by atoms with E-state index in [-0.39, 0.29) is 5.82 Å². The summed E-state index contributed by atoms with van der Waals surface area (Å²) < 4.78 is 13.2. The Labute approximate surface area is 156 Å². The van der Waals surface area contributed by atoms with Gasteiger partial charge >= 0.3 is 0 Å². The van der Waals surface area contributed by atoms with Gasteiger partial charge in [-0.25, -0.2) is 4.39 Å². The van der Waals surface area contributed by atoms with Crippen molar-refractivity contribution in [3.05, 3.63) is 71.5 Å². The number of oxime groups is 1. The molecule has 0 heterocycles. The van der Waals surface area contributed by atoms with Crippen molar-refractivity contribution in [3.8, 4) is 0 Å². The van der Waals surface area contributed by atoms with E-state index in [4.69, 9.17) is 4.84 Å². The fraction of sp³-hybridized carbons (Fsp3) is 0.409. The molecule has 0 saturated heterocycles. The predicted molar refractivity (Wildman–Crippen MR) is 106 cm³/mol. The molecular weight excluding hydrogens is 327 g/mol. The lowest BCUT2D eigenvalue weighted by atomic mass is 10.0. The zero-order valence-corrected chi connectivity index (χ0v) is 15.8. The van der Waals surface area contributed by atoms with Crippen LogP contribution in [0.5, 0.6) is 0 Å². The molecule has 2 aromatic rings.